The quantitative estimate of drug-likeness (QED) is 0.187. The highest BCUT2D eigenvalue weighted by Gasteiger charge is 2.52. The molecular formula is C30H34O6. The number of hydrogen-bond acceptors (Lipinski definition) is 5. The van der Waals surface area contributed by atoms with Gasteiger partial charge in [-0.15, -0.1) is 0 Å². The lowest BCUT2D eigenvalue weighted by atomic mass is 9.48. The number of hydrogen-bond donors (Lipinski definition) is 1. The first-order valence-electron chi connectivity index (χ1n) is 12.9. The Morgan fingerprint density at radius 2 is 1.58 bits per heavy atom. The molecule has 6 nitrogen and oxygen atoms in total. The van der Waals surface area contributed by atoms with E-state index in [0.717, 1.165) is 29.1 Å². The lowest BCUT2D eigenvalue weighted by Crippen LogP contribution is -2.48. The Bertz CT molecular complexity index is 1100. The van der Waals surface area contributed by atoms with E-state index in [1.54, 1.807) is 25.3 Å². The SMILES string of the molecule is COCCOCOc1cc(C(=O)/C=C/c2ccc(C(=O)O)cc2)ccc1C12CC3CC(CC(C3)C1)C2. The number of carbonyl (C=O) groups excluding carboxylic acids is 1. The normalized spacial score (nSPS) is 26.4. The number of allylic oxidation sites excluding steroid dienone is 1. The van der Waals surface area contributed by atoms with Crippen molar-refractivity contribution < 1.29 is 28.9 Å². The number of rotatable bonds is 11. The molecule has 0 atom stereocenters. The predicted molar refractivity (Wildman–Crippen MR) is 136 cm³/mol. The average molecular weight is 491 g/mol. The van der Waals surface area contributed by atoms with Crippen LogP contribution in [0.1, 0.15) is 70.4 Å². The van der Waals surface area contributed by atoms with Gasteiger partial charge in [0.2, 0.25) is 0 Å². The molecule has 1 N–H and O–H groups in total. The zero-order valence-electron chi connectivity index (χ0n) is 20.8. The van der Waals surface area contributed by atoms with E-state index in [0.29, 0.717) is 18.8 Å². The second-order valence-corrected chi connectivity index (χ2v) is 10.7. The van der Waals surface area contributed by atoms with Crippen LogP contribution in [-0.2, 0) is 14.9 Å². The van der Waals surface area contributed by atoms with Gasteiger partial charge in [0.15, 0.2) is 12.6 Å². The molecule has 4 saturated carbocycles. The number of carboxylic acid groups (broad SMARTS) is 1. The summed E-state index contributed by atoms with van der Waals surface area (Å²) in [5.41, 5.74) is 2.91. The summed E-state index contributed by atoms with van der Waals surface area (Å²) in [5, 5.41) is 9.06. The first-order valence-corrected chi connectivity index (χ1v) is 12.9. The minimum atomic E-state index is -0.973. The lowest BCUT2D eigenvalue weighted by molar-refractivity contribution is -0.0190. The number of ether oxygens (including phenoxy) is 3. The molecule has 0 aromatic heterocycles. The van der Waals surface area contributed by atoms with Gasteiger partial charge in [-0.25, -0.2) is 4.79 Å². The zero-order valence-corrected chi connectivity index (χ0v) is 20.8. The summed E-state index contributed by atoms with van der Waals surface area (Å²) in [7, 11) is 1.64. The van der Waals surface area contributed by atoms with Crippen LogP contribution in [0.4, 0.5) is 0 Å². The Balaban J connectivity index is 1.37. The van der Waals surface area contributed by atoms with E-state index in [4.69, 9.17) is 19.3 Å². The van der Waals surface area contributed by atoms with Crippen LogP contribution in [0, 0.1) is 17.8 Å². The van der Waals surface area contributed by atoms with Crippen molar-refractivity contribution in [3.63, 3.8) is 0 Å². The van der Waals surface area contributed by atoms with Crippen molar-refractivity contribution in [2.75, 3.05) is 27.1 Å². The highest BCUT2D eigenvalue weighted by Crippen LogP contribution is 2.61. The summed E-state index contributed by atoms with van der Waals surface area (Å²) < 4.78 is 16.8. The fourth-order valence-electron chi connectivity index (χ4n) is 6.98. The number of carbonyl (C=O) groups is 2. The molecule has 4 aliphatic rings. The van der Waals surface area contributed by atoms with Crippen molar-refractivity contribution in [2.24, 2.45) is 17.8 Å². The van der Waals surface area contributed by atoms with Crippen LogP contribution in [0.15, 0.2) is 48.5 Å². The molecule has 2 aromatic carbocycles. The molecule has 0 saturated heterocycles. The minimum Gasteiger partial charge on any atom is -0.478 e. The fourth-order valence-corrected chi connectivity index (χ4v) is 6.98. The maximum Gasteiger partial charge on any atom is 0.335 e. The van der Waals surface area contributed by atoms with Crippen molar-refractivity contribution in [3.05, 3.63) is 70.8 Å². The molecule has 6 heteroatoms. The van der Waals surface area contributed by atoms with Crippen LogP contribution < -0.4 is 4.74 Å². The Kier molecular flexibility index (Phi) is 7.26. The van der Waals surface area contributed by atoms with E-state index in [1.807, 2.05) is 12.1 Å². The zero-order chi connectivity index (χ0) is 25.1. The van der Waals surface area contributed by atoms with Crippen molar-refractivity contribution in [1.29, 1.82) is 0 Å². The van der Waals surface area contributed by atoms with E-state index < -0.39 is 5.97 Å². The maximum absolute atomic E-state index is 13.0. The third kappa shape index (κ3) is 5.25. The second kappa shape index (κ2) is 10.6. The van der Waals surface area contributed by atoms with Gasteiger partial charge in [-0.2, -0.15) is 0 Å². The third-order valence-corrected chi connectivity index (χ3v) is 8.19. The van der Waals surface area contributed by atoms with Gasteiger partial charge in [0.1, 0.15) is 5.75 Å². The first kappa shape index (κ1) is 24.7. The lowest BCUT2D eigenvalue weighted by Gasteiger charge is -2.57. The van der Waals surface area contributed by atoms with Crippen molar-refractivity contribution in [2.45, 2.75) is 43.9 Å². The van der Waals surface area contributed by atoms with E-state index in [2.05, 4.69) is 6.07 Å². The van der Waals surface area contributed by atoms with Crippen molar-refractivity contribution in [3.8, 4) is 5.75 Å². The minimum absolute atomic E-state index is 0.117. The van der Waals surface area contributed by atoms with Gasteiger partial charge >= 0.3 is 5.97 Å². The summed E-state index contributed by atoms with van der Waals surface area (Å²) in [4.78, 5) is 24.1. The van der Waals surface area contributed by atoms with E-state index >= 15 is 0 Å². The van der Waals surface area contributed by atoms with Crippen LogP contribution in [0.3, 0.4) is 0 Å². The summed E-state index contributed by atoms with van der Waals surface area (Å²) in [6, 6.07) is 12.3. The van der Waals surface area contributed by atoms with Crippen LogP contribution in [-0.4, -0.2) is 44.0 Å². The van der Waals surface area contributed by atoms with Crippen LogP contribution >= 0.6 is 0 Å². The van der Waals surface area contributed by atoms with Gasteiger partial charge in [-0.05, 0) is 91.5 Å². The third-order valence-electron chi connectivity index (χ3n) is 8.19. The Hall–Kier alpha value is -2.96. The summed E-state index contributed by atoms with van der Waals surface area (Å²) in [5.74, 6) is 2.06. The molecule has 2 aromatic rings. The molecule has 6 rings (SSSR count). The van der Waals surface area contributed by atoms with E-state index in [1.165, 1.54) is 62.3 Å². The summed E-state index contributed by atoms with van der Waals surface area (Å²) in [6.07, 6.45) is 10.9. The highest BCUT2D eigenvalue weighted by molar-refractivity contribution is 6.07. The monoisotopic (exact) mass is 490 g/mol. The van der Waals surface area contributed by atoms with Crippen LogP contribution in [0.2, 0.25) is 0 Å². The number of aromatic carboxylic acids is 1. The van der Waals surface area contributed by atoms with Crippen molar-refractivity contribution >= 4 is 17.8 Å². The molecule has 0 unspecified atom stereocenters. The molecule has 4 aliphatic carbocycles. The molecule has 0 radical (unpaired) electrons. The predicted octanol–water partition coefficient (Wildman–Crippen LogP) is 5.75. The molecular weight excluding hydrogens is 456 g/mol. The van der Waals surface area contributed by atoms with Gasteiger partial charge in [0, 0.05) is 18.2 Å². The molecule has 0 amide bonds. The largest absolute Gasteiger partial charge is 0.478 e. The topological polar surface area (TPSA) is 82.1 Å². The van der Waals surface area contributed by atoms with Gasteiger partial charge in [-0.1, -0.05) is 30.3 Å². The molecule has 4 fully saturated rings. The van der Waals surface area contributed by atoms with E-state index in [9.17, 15) is 9.59 Å². The molecule has 190 valence electrons. The van der Waals surface area contributed by atoms with Gasteiger partial charge in [-0.3, -0.25) is 4.79 Å². The standard InChI is InChI=1S/C30H34O6/c1-34-10-11-35-19-36-28-15-25(27(31)9-4-20-2-5-24(6-3-20)29(32)33)7-8-26(28)30-16-21-12-22(17-30)14-23(13-21)18-30/h2-9,15,21-23H,10-14,16-19H2,1H3,(H,32,33)/b9-4+. The first-order chi connectivity index (χ1) is 17.5. The number of methoxy groups -OCH3 is 1. The number of carboxylic acids is 1. The Labute approximate surface area is 212 Å². The van der Waals surface area contributed by atoms with Gasteiger partial charge in [0.05, 0.1) is 18.8 Å². The van der Waals surface area contributed by atoms with Gasteiger partial charge < -0.3 is 19.3 Å². The smallest absolute Gasteiger partial charge is 0.335 e. The van der Waals surface area contributed by atoms with Crippen LogP contribution in [0.25, 0.3) is 6.08 Å². The molecule has 4 bridgehead atoms. The van der Waals surface area contributed by atoms with Gasteiger partial charge in [0.25, 0.3) is 0 Å². The Morgan fingerprint density at radius 1 is 0.944 bits per heavy atom. The molecule has 0 aliphatic heterocycles. The number of ketones is 1. The molecule has 0 heterocycles. The summed E-state index contributed by atoms with van der Waals surface area (Å²) in [6.45, 7) is 1.07. The van der Waals surface area contributed by atoms with Crippen LogP contribution in [0.5, 0.6) is 5.75 Å². The van der Waals surface area contributed by atoms with Crippen molar-refractivity contribution in [1.82, 2.24) is 0 Å². The Morgan fingerprint density at radius 3 is 2.19 bits per heavy atom. The second-order valence-electron chi connectivity index (χ2n) is 10.7. The molecule has 0 spiro atoms. The van der Waals surface area contributed by atoms with E-state index in [-0.39, 0.29) is 23.6 Å². The molecule has 36 heavy (non-hydrogen) atoms. The fraction of sp³-hybridized carbons (Fsp3) is 0.467. The summed E-state index contributed by atoms with van der Waals surface area (Å²) >= 11 is 0. The average Bonchev–Trinajstić information content (AvgIpc) is 2.86. The maximum atomic E-state index is 13.0. The number of benzene rings is 2. The highest BCUT2D eigenvalue weighted by atomic mass is 16.7.